The average Bonchev–Trinajstić information content (AvgIpc) is 2.82. The fourth-order valence-electron chi connectivity index (χ4n) is 4.05. The Morgan fingerprint density at radius 3 is 2.61 bits per heavy atom. The number of rotatable bonds is 8. The number of methoxy groups -OCH3 is 1. The Balaban J connectivity index is 1.41. The Morgan fingerprint density at radius 1 is 1.09 bits per heavy atom. The molecule has 1 aromatic heterocycles. The van der Waals surface area contributed by atoms with E-state index in [0.29, 0.717) is 40.4 Å². The summed E-state index contributed by atoms with van der Waals surface area (Å²) in [5, 5.41) is 4.02. The lowest BCUT2D eigenvalue weighted by molar-refractivity contribution is 0.144. The highest BCUT2D eigenvalue weighted by Gasteiger charge is 2.17. The molecule has 174 valence electrons. The molecule has 0 unspecified atom stereocenters. The summed E-state index contributed by atoms with van der Waals surface area (Å²) in [7, 11) is 3.70. The maximum absolute atomic E-state index is 15.5. The normalized spacial score (nSPS) is 15.0. The number of nitrogens with one attached hydrogen (secondary N) is 1. The predicted octanol–water partition coefficient (Wildman–Crippen LogP) is 4.44. The number of piperazine rings is 1. The van der Waals surface area contributed by atoms with Crippen molar-refractivity contribution in [3.8, 4) is 16.9 Å². The molecule has 0 saturated carbocycles. The van der Waals surface area contributed by atoms with Gasteiger partial charge in [-0.2, -0.15) is 0 Å². The highest BCUT2D eigenvalue weighted by Crippen LogP contribution is 2.36. The van der Waals surface area contributed by atoms with Crippen LogP contribution in [0.4, 0.5) is 4.39 Å². The van der Waals surface area contributed by atoms with Crippen LogP contribution < -0.4 is 10.1 Å². The van der Waals surface area contributed by atoms with Crippen LogP contribution in [0.1, 0.15) is 16.8 Å². The molecule has 0 spiro atoms. The third-order valence-corrected chi connectivity index (χ3v) is 6.27. The van der Waals surface area contributed by atoms with Crippen molar-refractivity contribution >= 4 is 11.6 Å². The fraction of sp³-hybridized carbons (Fsp3) is 0.346. The van der Waals surface area contributed by atoms with Gasteiger partial charge >= 0.3 is 0 Å². The molecule has 4 rings (SSSR count). The number of ether oxygens (including phenoxy) is 1. The predicted molar refractivity (Wildman–Crippen MR) is 131 cm³/mol. The molecule has 1 saturated heterocycles. The molecule has 0 radical (unpaired) electrons. The first kappa shape index (κ1) is 23.6. The van der Waals surface area contributed by atoms with Gasteiger partial charge in [-0.1, -0.05) is 35.9 Å². The van der Waals surface area contributed by atoms with E-state index in [1.165, 1.54) is 0 Å². The van der Waals surface area contributed by atoms with Gasteiger partial charge in [-0.25, -0.2) is 4.39 Å². The van der Waals surface area contributed by atoms with E-state index in [1.54, 1.807) is 31.4 Å². The van der Waals surface area contributed by atoms with Crippen LogP contribution in [0.2, 0.25) is 5.02 Å². The van der Waals surface area contributed by atoms with Gasteiger partial charge in [0, 0.05) is 57.0 Å². The van der Waals surface area contributed by atoms with Gasteiger partial charge in [0.1, 0.15) is 11.6 Å². The number of aromatic nitrogens is 1. The SMILES string of the molecule is COc1ccc(Cc2ccc(CNCN3CCN(C)CC3)nc2)c(F)c1-c1cccc(Cl)c1. The Morgan fingerprint density at radius 2 is 1.91 bits per heavy atom. The third-order valence-electron chi connectivity index (χ3n) is 6.03. The summed E-state index contributed by atoms with van der Waals surface area (Å²) in [4.78, 5) is 9.33. The Labute approximate surface area is 200 Å². The van der Waals surface area contributed by atoms with Gasteiger partial charge in [-0.3, -0.25) is 15.2 Å². The minimum atomic E-state index is -0.297. The first-order valence-corrected chi connectivity index (χ1v) is 11.6. The maximum atomic E-state index is 15.5. The highest BCUT2D eigenvalue weighted by molar-refractivity contribution is 6.30. The van der Waals surface area contributed by atoms with E-state index in [-0.39, 0.29) is 5.82 Å². The van der Waals surface area contributed by atoms with Gasteiger partial charge in [0.15, 0.2) is 0 Å². The van der Waals surface area contributed by atoms with E-state index in [0.717, 1.165) is 44.1 Å². The van der Waals surface area contributed by atoms with Crippen molar-refractivity contribution in [2.75, 3.05) is 47.0 Å². The summed E-state index contributed by atoms with van der Waals surface area (Å²) < 4.78 is 20.9. The number of benzene rings is 2. The molecule has 2 aromatic carbocycles. The Bertz CT molecular complexity index is 1070. The van der Waals surface area contributed by atoms with Crippen molar-refractivity contribution in [3.05, 3.63) is 82.4 Å². The van der Waals surface area contributed by atoms with Crippen LogP contribution in [0.15, 0.2) is 54.7 Å². The standard InChI is InChI=1S/C26H30ClFN4O/c1-31-10-12-32(13-11-31)18-29-17-23-8-6-19(16-30-23)14-21-7-9-24(33-2)25(26(21)28)20-4-3-5-22(27)15-20/h3-9,15-16,29H,10-14,17-18H2,1-2H3. The summed E-state index contributed by atoms with van der Waals surface area (Å²) >= 11 is 6.13. The molecule has 2 heterocycles. The second-order valence-corrected chi connectivity index (χ2v) is 8.90. The summed E-state index contributed by atoms with van der Waals surface area (Å²) in [5.74, 6) is 0.188. The van der Waals surface area contributed by atoms with E-state index < -0.39 is 0 Å². The molecule has 0 aliphatic carbocycles. The van der Waals surface area contributed by atoms with Crippen molar-refractivity contribution in [1.29, 1.82) is 0 Å². The van der Waals surface area contributed by atoms with Crippen LogP contribution in [0, 0.1) is 5.82 Å². The van der Waals surface area contributed by atoms with Gasteiger partial charge in [0.05, 0.1) is 18.4 Å². The van der Waals surface area contributed by atoms with Crippen molar-refractivity contribution in [2.45, 2.75) is 13.0 Å². The monoisotopic (exact) mass is 468 g/mol. The molecular weight excluding hydrogens is 439 g/mol. The van der Waals surface area contributed by atoms with Crippen LogP contribution in [0.3, 0.4) is 0 Å². The van der Waals surface area contributed by atoms with Crippen LogP contribution >= 0.6 is 11.6 Å². The van der Waals surface area contributed by atoms with E-state index >= 15 is 4.39 Å². The molecule has 3 aromatic rings. The average molecular weight is 469 g/mol. The zero-order valence-corrected chi connectivity index (χ0v) is 19.9. The molecule has 1 aliphatic heterocycles. The van der Waals surface area contributed by atoms with E-state index in [2.05, 4.69) is 27.1 Å². The first-order chi connectivity index (χ1) is 16.0. The smallest absolute Gasteiger partial charge is 0.138 e. The molecule has 5 nitrogen and oxygen atoms in total. The van der Waals surface area contributed by atoms with Gasteiger partial charge in [-0.05, 0) is 48.0 Å². The second kappa shape index (κ2) is 11.1. The lowest BCUT2D eigenvalue weighted by Crippen LogP contribution is -2.47. The molecule has 1 N–H and O–H groups in total. The van der Waals surface area contributed by atoms with Gasteiger partial charge in [0.2, 0.25) is 0 Å². The van der Waals surface area contributed by atoms with Crippen LogP contribution in [0.5, 0.6) is 5.75 Å². The number of likely N-dealkylation sites (N-methyl/N-ethyl adjacent to an activating group) is 1. The van der Waals surface area contributed by atoms with Crippen molar-refractivity contribution < 1.29 is 9.13 Å². The fourth-order valence-corrected chi connectivity index (χ4v) is 4.24. The topological polar surface area (TPSA) is 40.6 Å². The first-order valence-electron chi connectivity index (χ1n) is 11.2. The number of nitrogens with zero attached hydrogens (tertiary/aromatic N) is 3. The molecule has 0 atom stereocenters. The largest absolute Gasteiger partial charge is 0.496 e. The van der Waals surface area contributed by atoms with Gasteiger partial charge in [-0.15, -0.1) is 0 Å². The van der Waals surface area contributed by atoms with Crippen molar-refractivity contribution in [1.82, 2.24) is 20.1 Å². The number of pyridine rings is 1. The minimum absolute atomic E-state index is 0.297. The number of halogens is 2. The summed E-state index contributed by atoms with van der Waals surface area (Å²) in [6, 6.07) is 14.8. The Hall–Kier alpha value is -2.51. The number of hydrogen-bond donors (Lipinski definition) is 1. The van der Waals surface area contributed by atoms with Crippen LogP contribution in [-0.4, -0.2) is 61.8 Å². The van der Waals surface area contributed by atoms with E-state index in [4.69, 9.17) is 16.3 Å². The van der Waals surface area contributed by atoms with Gasteiger partial charge < -0.3 is 9.64 Å². The zero-order chi connectivity index (χ0) is 23.2. The lowest BCUT2D eigenvalue weighted by Gasteiger charge is -2.32. The molecule has 0 amide bonds. The summed E-state index contributed by atoms with van der Waals surface area (Å²) in [6.45, 7) is 5.95. The summed E-state index contributed by atoms with van der Waals surface area (Å²) in [5.41, 5.74) is 3.64. The lowest BCUT2D eigenvalue weighted by atomic mass is 9.97. The molecule has 1 fully saturated rings. The van der Waals surface area contributed by atoms with Crippen LogP contribution in [0.25, 0.3) is 11.1 Å². The molecule has 33 heavy (non-hydrogen) atoms. The minimum Gasteiger partial charge on any atom is -0.496 e. The second-order valence-electron chi connectivity index (χ2n) is 8.47. The third kappa shape index (κ3) is 6.09. The van der Waals surface area contributed by atoms with Crippen LogP contribution in [-0.2, 0) is 13.0 Å². The molecule has 1 aliphatic rings. The summed E-state index contributed by atoms with van der Waals surface area (Å²) in [6.07, 6.45) is 2.28. The van der Waals surface area contributed by atoms with E-state index in [9.17, 15) is 0 Å². The highest BCUT2D eigenvalue weighted by atomic mass is 35.5. The zero-order valence-electron chi connectivity index (χ0n) is 19.2. The molecule has 0 bridgehead atoms. The quantitative estimate of drug-likeness (QED) is 0.529. The van der Waals surface area contributed by atoms with Crippen molar-refractivity contribution in [2.24, 2.45) is 0 Å². The Kier molecular flexibility index (Phi) is 7.93. The van der Waals surface area contributed by atoms with Gasteiger partial charge in [0.25, 0.3) is 0 Å². The molecular formula is C26H30ClFN4O. The number of hydrogen-bond acceptors (Lipinski definition) is 5. The van der Waals surface area contributed by atoms with E-state index in [1.807, 2.05) is 30.5 Å². The maximum Gasteiger partial charge on any atom is 0.138 e. The van der Waals surface area contributed by atoms with Crippen molar-refractivity contribution in [3.63, 3.8) is 0 Å². The molecule has 7 heteroatoms.